The van der Waals surface area contributed by atoms with E-state index < -0.39 is 0 Å². The zero-order valence-corrected chi connectivity index (χ0v) is 40.9. The highest BCUT2D eigenvalue weighted by Gasteiger charge is 2.27. The van der Waals surface area contributed by atoms with E-state index in [4.69, 9.17) is 0 Å². The van der Waals surface area contributed by atoms with Crippen LogP contribution < -0.4 is 10.2 Å². The van der Waals surface area contributed by atoms with Crippen LogP contribution in [0.2, 0.25) is 0 Å². The molecular weight excluding hydrogens is 891 g/mol. The molecule has 72 heavy (non-hydrogen) atoms. The van der Waals surface area contributed by atoms with Gasteiger partial charge in [0.05, 0.1) is 21.4 Å². The summed E-state index contributed by atoms with van der Waals surface area (Å²) in [5.74, 6) is 0.446. The third-order valence-electron chi connectivity index (χ3n) is 14.6. The lowest BCUT2D eigenvalue weighted by atomic mass is 9.81. The molecule has 0 aliphatic heterocycles. The van der Waals surface area contributed by atoms with Crippen LogP contribution in [0.4, 0.5) is 22.7 Å². The molecule has 0 spiro atoms. The van der Waals surface area contributed by atoms with Gasteiger partial charge >= 0.3 is 0 Å². The molecule has 13 rings (SSSR count). The number of fused-ring (bicyclic) bond motifs is 8. The third kappa shape index (κ3) is 7.69. The number of nitrogens with zero attached hydrogens (tertiary/aromatic N) is 2. The number of hydrogen-bond acceptors (Lipinski definition) is 3. The van der Waals surface area contributed by atoms with E-state index in [1.165, 1.54) is 75.6 Å². The molecule has 2 aliphatic rings. The van der Waals surface area contributed by atoms with E-state index in [0.717, 1.165) is 51.4 Å². The van der Waals surface area contributed by atoms with E-state index in [1.807, 2.05) is 11.3 Å². The number of anilines is 4. The van der Waals surface area contributed by atoms with Crippen LogP contribution in [0.1, 0.15) is 29.5 Å². The van der Waals surface area contributed by atoms with E-state index in [9.17, 15) is 0 Å². The standard InChI is InChI=1S/C68H51N3S/c1-45-18-7-3-8-21-49-30-31-51(44-60(45)49)56-38-37-55(42-46(56)2)70(54-35-32-47(33-36-54)50-34-40-62(69-52-22-11-5-12-23-52)61(43-50)48-19-9-4-10-20-48)65-29-17-27-57-58-39-41-64-66(68(58)72-67(57)65)59-26-15-16-28-63(59)71(64)53-24-13-6-14-25-53/h3-20,22-44,46,56,69H,1,21H2,2H3/b8-3-,18-7-. The largest absolute Gasteiger partial charge is 0.355 e. The average Bonchev–Trinajstić information content (AvgIpc) is 3.98. The average molecular weight is 942 g/mol. The topological polar surface area (TPSA) is 20.2 Å². The molecule has 2 aliphatic carbocycles. The van der Waals surface area contributed by atoms with Crippen molar-refractivity contribution in [2.24, 2.45) is 5.92 Å². The van der Waals surface area contributed by atoms with Gasteiger partial charge in [-0.15, -0.1) is 11.3 Å². The zero-order chi connectivity index (χ0) is 48.1. The number of nitrogens with one attached hydrogen (secondary N) is 1. The molecule has 4 heteroatoms. The molecule has 3 nitrogen and oxygen atoms in total. The SMILES string of the molecule is C=C1/C=C\C=C/Cc2ccc(C3C=CC(N(c4ccc(-c5ccc(Nc6ccccc6)c(-c6ccccc6)c5)cc4)c4cccc5c4sc4c5ccc5c4c4ccccc4n5-c4ccccc4)=CC3C)cc21. The Morgan fingerprint density at radius 2 is 1.32 bits per heavy atom. The smallest absolute Gasteiger partial charge is 0.0640 e. The summed E-state index contributed by atoms with van der Waals surface area (Å²) in [6.07, 6.45) is 16.7. The lowest BCUT2D eigenvalue weighted by Crippen LogP contribution is -2.20. The van der Waals surface area contributed by atoms with E-state index in [2.05, 4.69) is 277 Å². The molecule has 2 atom stereocenters. The Morgan fingerprint density at radius 1 is 0.583 bits per heavy atom. The highest BCUT2D eigenvalue weighted by atomic mass is 32.1. The minimum Gasteiger partial charge on any atom is -0.355 e. The lowest BCUT2D eigenvalue weighted by Gasteiger charge is -2.32. The molecule has 11 aromatic rings. The number of rotatable bonds is 9. The minimum atomic E-state index is 0.217. The van der Waals surface area contributed by atoms with Gasteiger partial charge in [-0.05, 0) is 124 Å². The predicted octanol–water partition coefficient (Wildman–Crippen LogP) is 18.9. The highest BCUT2D eigenvalue weighted by Crippen LogP contribution is 2.49. The normalized spacial score (nSPS) is 16.3. The Balaban J connectivity index is 0.943. The number of aromatic nitrogens is 1. The molecule has 1 N–H and O–H groups in total. The van der Waals surface area contributed by atoms with Gasteiger partial charge in [-0.2, -0.15) is 0 Å². The molecule has 9 aromatic carbocycles. The van der Waals surface area contributed by atoms with Crippen LogP contribution in [0.5, 0.6) is 0 Å². The second-order valence-electron chi connectivity index (χ2n) is 19.0. The monoisotopic (exact) mass is 941 g/mol. The Labute approximate surface area is 425 Å². The first kappa shape index (κ1) is 43.3. The predicted molar refractivity (Wildman–Crippen MR) is 309 cm³/mol. The molecule has 0 amide bonds. The molecule has 0 saturated carbocycles. The van der Waals surface area contributed by atoms with Crippen LogP contribution in [-0.4, -0.2) is 4.57 Å². The van der Waals surface area contributed by atoms with Crippen molar-refractivity contribution in [1.29, 1.82) is 0 Å². The van der Waals surface area contributed by atoms with Gasteiger partial charge in [-0.1, -0.05) is 189 Å². The maximum atomic E-state index is 4.45. The number of benzene rings is 9. The molecule has 0 bridgehead atoms. The van der Waals surface area contributed by atoms with Crippen molar-refractivity contribution in [1.82, 2.24) is 4.57 Å². The lowest BCUT2D eigenvalue weighted by molar-refractivity contribution is 0.628. The van der Waals surface area contributed by atoms with Crippen LogP contribution in [0.15, 0.2) is 261 Å². The van der Waals surface area contributed by atoms with E-state index in [1.54, 1.807) is 0 Å². The molecule has 0 saturated heterocycles. The number of hydrogen-bond donors (Lipinski definition) is 1. The quantitative estimate of drug-likeness (QED) is 0.156. The Morgan fingerprint density at radius 3 is 2.14 bits per heavy atom. The third-order valence-corrected chi connectivity index (χ3v) is 15.9. The van der Waals surface area contributed by atoms with Crippen molar-refractivity contribution < 1.29 is 0 Å². The van der Waals surface area contributed by atoms with Gasteiger partial charge in [-0.25, -0.2) is 0 Å². The maximum absolute atomic E-state index is 4.45. The van der Waals surface area contributed by atoms with Crippen LogP contribution in [0, 0.1) is 5.92 Å². The summed E-state index contributed by atoms with van der Waals surface area (Å²) in [5.41, 5.74) is 18.7. The highest BCUT2D eigenvalue weighted by molar-refractivity contribution is 7.27. The van der Waals surface area contributed by atoms with Crippen molar-refractivity contribution in [3.63, 3.8) is 0 Å². The molecule has 0 fully saturated rings. The first-order valence-corrected chi connectivity index (χ1v) is 25.8. The molecule has 2 unspecified atom stereocenters. The van der Waals surface area contributed by atoms with Gasteiger partial charge in [0.1, 0.15) is 0 Å². The second-order valence-corrected chi connectivity index (χ2v) is 20.1. The number of thiophene rings is 1. The molecular formula is C68H51N3S. The van der Waals surface area contributed by atoms with E-state index >= 15 is 0 Å². The van der Waals surface area contributed by atoms with Gasteiger partial charge in [0.25, 0.3) is 0 Å². The summed E-state index contributed by atoms with van der Waals surface area (Å²) in [6, 6.07) is 75.2. The first-order chi connectivity index (χ1) is 35.5. The first-order valence-electron chi connectivity index (χ1n) is 24.9. The molecule has 2 aromatic heterocycles. The summed E-state index contributed by atoms with van der Waals surface area (Å²) >= 11 is 1.91. The summed E-state index contributed by atoms with van der Waals surface area (Å²) in [6.45, 7) is 6.82. The fourth-order valence-electron chi connectivity index (χ4n) is 11.1. The van der Waals surface area contributed by atoms with Crippen LogP contribution in [-0.2, 0) is 6.42 Å². The number of para-hydroxylation sites is 3. The Hall–Kier alpha value is -8.70. The van der Waals surface area contributed by atoms with E-state index in [0.29, 0.717) is 0 Å². The van der Waals surface area contributed by atoms with Crippen LogP contribution in [0.25, 0.3) is 75.5 Å². The van der Waals surface area contributed by atoms with Crippen molar-refractivity contribution in [3.05, 3.63) is 278 Å². The van der Waals surface area contributed by atoms with Gasteiger partial charge in [0.15, 0.2) is 0 Å². The maximum Gasteiger partial charge on any atom is 0.0640 e. The zero-order valence-electron chi connectivity index (χ0n) is 40.0. The summed E-state index contributed by atoms with van der Waals surface area (Å²) in [4.78, 5) is 2.50. The second kappa shape index (κ2) is 18.2. The van der Waals surface area contributed by atoms with E-state index in [-0.39, 0.29) is 11.8 Å². The van der Waals surface area contributed by atoms with Crippen LogP contribution >= 0.6 is 11.3 Å². The van der Waals surface area contributed by atoms with Crippen molar-refractivity contribution in [2.75, 3.05) is 10.2 Å². The van der Waals surface area contributed by atoms with Gasteiger partial charge in [0, 0.05) is 66.2 Å². The fraction of sp³-hybridized carbons (Fsp3) is 0.0588. The Kier molecular flexibility index (Phi) is 11.0. The summed E-state index contributed by atoms with van der Waals surface area (Å²) in [5, 5.41) is 8.80. The number of allylic oxidation sites excluding steroid dienone is 8. The Bertz CT molecular complexity index is 4000. The van der Waals surface area contributed by atoms with Gasteiger partial charge < -0.3 is 14.8 Å². The summed E-state index contributed by atoms with van der Waals surface area (Å²) in [7, 11) is 0. The molecule has 344 valence electrons. The summed E-state index contributed by atoms with van der Waals surface area (Å²) < 4.78 is 4.99. The van der Waals surface area contributed by atoms with Crippen molar-refractivity contribution in [2.45, 2.75) is 19.3 Å². The fourth-order valence-corrected chi connectivity index (χ4v) is 12.5. The minimum absolute atomic E-state index is 0.217. The van der Waals surface area contributed by atoms with Gasteiger partial charge in [0.2, 0.25) is 0 Å². The van der Waals surface area contributed by atoms with Crippen LogP contribution in [0.3, 0.4) is 0 Å². The van der Waals surface area contributed by atoms with Crippen molar-refractivity contribution >= 4 is 81.6 Å². The van der Waals surface area contributed by atoms with Gasteiger partial charge in [-0.3, -0.25) is 0 Å². The molecule has 2 heterocycles. The van der Waals surface area contributed by atoms with Crippen molar-refractivity contribution in [3.8, 4) is 27.9 Å². The molecule has 0 radical (unpaired) electrons.